The second-order valence-electron chi connectivity index (χ2n) is 4.12. The highest BCUT2D eigenvalue weighted by Crippen LogP contribution is 2.32. The zero-order chi connectivity index (χ0) is 12.3. The molecule has 17 heavy (non-hydrogen) atoms. The van der Waals surface area contributed by atoms with Crippen LogP contribution >= 0.6 is 0 Å². The van der Waals surface area contributed by atoms with Gasteiger partial charge in [-0.15, -0.1) is 0 Å². The van der Waals surface area contributed by atoms with Gasteiger partial charge in [0.2, 0.25) is 5.91 Å². The molecule has 1 saturated heterocycles. The van der Waals surface area contributed by atoms with Crippen LogP contribution in [-0.2, 0) is 14.3 Å². The molecule has 2 heterocycles. The Kier molecular flexibility index (Phi) is 3.33. The fraction of sp³-hybridized carbons (Fsp3) is 0.636. The molecule has 0 aromatic carbocycles. The van der Waals surface area contributed by atoms with Crippen LogP contribution in [0.5, 0.6) is 0 Å². The first-order valence-corrected chi connectivity index (χ1v) is 5.76. The Labute approximate surface area is 99.3 Å². The van der Waals surface area contributed by atoms with E-state index in [4.69, 9.17) is 9.47 Å². The normalized spacial score (nSPS) is 21.9. The summed E-state index contributed by atoms with van der Waals surface area (Å²) in [7, 11) is 0. The maximum atomic E-state index is 11.4. The van der Waals surface area contributed by atoms with Crippen molar-refractivity contribution in [1.29, 1.82) is 0 Å². The molecule has 0 saturated carbocycles. The molecule has 0 aromatic heterocycles. The molecule has 94 valence electrons. The summed E-state index contributed by atoms with van der Waals surface area (Å²) in [4.78, 5) is 22.7. The smallest absolute Gasteiger partial charge is 0.434 e. The maximum absolute atomic E-state index is 11.4. The molecule has 0 atom stereocenters. The summed E-state index contributed by atoms with van der Waals surface area (Å²) >= 11 is 0. The molecule has 2 aliphatic heterocycles. The van der Waals surface area contributed by atoms with Crippen LogP contribution in [0.1, 0.15) is 19.8 Å². The van der Waals surface area contributed by atoms with Crippen LogP contribution < -0.4 is 10.6 Å². The quantitative estimate of drug-likeness (QED) is 0.679. The van der Waals surface area contributed by atoms with Crippen molar-refractivity contribution >= 4 is 12.1 Å². The molecular weight excluding hydrogens is 224 g/mol. The van der Waals surface area contributed by atoms with Crippen LogP contribution in [0.2, 0.25) is 0 Å². The average Bonchev–Trinajstić information content (AvgIpc) is 2.56. The molecule has 0 unspecified atom stereocenters. The summed E-state index contributed by atoms with van der Waals surface area (Å²) in [6.45, 7) is 3.52. The number of piperidine rings is 1. The van der Waals surface area contributed by atoms with Gasteiger partial charge >= 0.3 is 6.16 Å². The number of nitrogens with one attached hydrogen (secondary N) is 2. The third kappa shape index (κ3) is 2.41. The summed E-state index contributed by atoms with van der Waals surface area (Å²) in [5.41, 5.74) is -0.533. The van der Waals surface area contributed by atoms with Gasteiger partial charge in [0.25, 0.3) is 0 Å². The van der Waals surface area contributed by atoms with Gasteiger partial charge in [-0.25, -0.2) is 4.79 Å². The van der Waals surface area contributed by atoms with Crippen molar-refractivity contribution in [3.8, 4) is 0 Å². The highest BCUT2D eigenvalue weighted by molar-refractivity contribution is 5.92. The van der Waals surface area contributed by atoms with E-state index in [-0.39, 0.29) is 12.5 Å². The highest BCUT2D eigenvalue weighted by Gasteiger charge is 2.44. The van der Waals surface area contributed by atoms with E-state index < -0.39 is 11.7 Å². The summed E-state index contributed by atoms with van der Waals surface area (Å²) in [6, 6.07) is 0. The Bertz CT molecular complexity index is 358. The first-order chi connectivity index (χ1) is 8.16. The molecule has 0 bridgehead atoms. The van der Waals surface area contributed by atoms with Crippen LogP contribution in [0.4, 0.5) is 4.79 Å². The molecule has 6 heteroatoms. The van der Waals surface area contributed by atoms with Crippen molar-refractivity contribution in [3.63, 3.8) is 0 Å². The van der Waals surface area contributed by atoms with Crippen LogP contribution in [0.3, 0.4) is 0 Å². The minimum Gasteiger partial charge on any atom is -0.434 e. The summed E-state index contributed by atoms with van der Waals surface area (Å²) in [6.07, 6.45) is 2.00. The van der Waals surface area contributed by atoms with Gasteiger partial charge < -0.3 is 20.1 Å². The van der Waals surface area contributed by atoms with Crippen molar-refractivity contribution < 1.29 is 19.1 Å². The Balaban J connectivity index is 2.09. The molecule has 2 aliphatic rings. The fourth-order valence-electron chi connectivity index (χ4n) is 2.18. The zero-order valence-corrected chi connectivity index (χ0v) is 9.75. The van der Waals surface area contributed by atoms with Gasteiger partial charge in [-0.05, 0) is 32.9 Å². The molecule has 2 rings (SSSR count). The van der Waals surface area contributed by atoms with Crippen LogP contribution in [0.15, 0.2) is 11.8 Å². The molecule has 0 aromatic rings. The molecule has 1 fully saturated rings. The predicted octanol–water partition coefficient (Wildman–Crippen LogP) is 0.295. The number of hydrogen-bond acceptors (Lipinski definition) is 5. The topological polar surface area (TPSA) is 76.7 Å². The van der Waals surface area contributed by atoms with Crippen molar-refractivity contribution in [2.24, 2.45) is 0 Å². The van der Waals surface area contributed by atoms with E-state index in [1.807, 2.05) is 0 Å². The Morgan fingerprint density at radius 1 is 1.47 bits per heavy atom. The molecule has 2 N–H and O–H groups in total. The summed E-state index contributed by atoms with van der Waals surface area (Å²) < 4.78 is 9.82. The monoisotopic (exact) mass is 240 g/mol. The number of amides is 1. The van der Waals surface area contributed by atoms with E-state index >= 15 is 0 Å². The van der Waals surface area contributed by atoms with Gasteiger partial charge in [0.05, 0.1) is 6.61 Å². The Morgan fingerprint density at radius 3 is 2.82 bits per heavy atom. The zero-order valence-electron chi connectivity index (χ0n) is 9.75. The molecule has 0 aliphatic carbocycles. The van der Waals surface area contributed by atoms with Crippen LogP contribution in [-0.4, -0.2) is 37.3 Å². The molecule has 1 spiro atoms. The lowest BCUT2D eigenvalue weighted by Crippen LogP contribution is -2.52. The number of hydrogen-bond donors (Lipinski definition) is 2. The molecular formula is C11H16N2O4. The second kappa shape index (κ2) is 4.75. The predicted molar refractivity (Wildman–Crippen MR) is 59.2 cm³/mol. The molecule has 1 amide bonds. The van der Waals surface area contributed by atoms with Crippen LogP contribution in [0, 0.1) is 0 Å². The van der Waals surface area contributed by atoms with Crippen molar-refractivity contribution in [1.82, 2.24) is 10.6 Å². The Hall–Kier alpha value is -1.56. The molecule has 0 radical (unpaired) electrons. The maximum Gasteiger partial charge on any atom is 0.513 e. The van der Waals surface area contributed by atoms with Gasteiger partial charge in [-0.1, -0.05) is 0 Å². The third-order valence-electron chi connectivity index (χ3n) is 3.01. The first-order valence-electron chi connectivity index (χ1n) is 5.76. The van der Waals surface area contributed by atoms with E-state index in [0.29, 0.717) is 18.6 Å². The van der Waals surface area contributed by atoms with Gasteiger partial charge in [0.15, 0.2) is 0 Å². The summed E-state index contributed by atoms with van der Waals surface area (Å²) in [5, 5.41) is 6.06. The van der Waals surface area contributed by atoms with E-state index in [1.54, 1.807) is 6.92 Å². The second-order valence-corrected chi connectivity index (χ2v) is 4.12. The third-order valence-corrected chi connectivity index (χ3v) is 3.01. The van der Waals surface area contributed by atoms with Crippen molar-refractivity contribution in [2.75, 3.05) is 19.7 Å². The van der Waals surface area contributed by atoms with E-state index in [2.05, 4.69) is 10.6 Å². The highest BCUT2D eigenvalue weighted by atomic mass is 16.7. The van der Waals surface area contributed by atoms with Crippen molar-refractivity contribution in [3.05, 3.63) is 11.8 Å². The number of carbonyl (C=O) groups excluding carboxylic acids is 2. The van der Waals surface area contributed by atoms with E-state index in [1.165, 1.54) is 6.08 Å². The largest absolute Gasteiger partial charge is 0.513 e. The number of carbonyl (C=O) groups is 2. The lowest BCUT2D eigenvalue weighted by Gasteiger charge is -2.35. The molecule has 6 nitrogen and oxygen atoms in total. The fourth-order valence-corrected chi connectivity index (χ4v) is 2.18. The van der Waals surface area contributed by atoms with E-state index in [9.17, 15) is 9.59 Å². The Morgan fingerprint density at radius 2 is 2.18 bits per heavy atom. The van der Waals surface area contributed by atoms with Gasteiger partial charge in [0.1, 0.15) is 11.3 Å². The lowest BCUT2D eigenvalue weighted by molar-refractivity contribution is -0.117. The SMILES string of the molecule is CCOC(=O)OC1=CC(=O)NC12CCNCC2. The van der Waals surface area contributed by atoms with Crippen molar-refractivity contribution in [2.45, 2.75) is 25.3 Å². The van der Waals surface area contributed by atoms with Gasteiger partial charge in [-0.2, -0.15) is 0 Å². The minimum atomic E-state index is -0.756. The standard InChI is InChI=1S/C11H16N2O4/c1-2-16-10(15)17-8-7-9(14)13-11(8)3-5-12-6-4-11/h7,12H,2-6H2,1H3,(H,13,14). The van der Waals surface area contributed by atoms with Crippen LogP contribution in [0.25, 0.3) is 0 Å². The van der Waals surface area contributed by atoms with Gasteiger partial charge in [0, 0.05) is 6.08 Å². The number of ether oxygens (including phenoxy) is 2. The summed E-state index contributed by atoms with van der Waals surface area (Å²) in [5.74, 6) is 0.161. The minimum absolute atomic E-state index is 0.216. The number of rotatable bonds is 2. The van der Waals surface area contributed by atoms with E-state index in [0.717, 1.165) is 13.1 Å². The average molecular weight is 240 g/mol. The first kappa shape index (κ1) is 11.9. The lowest BCUT2D eigenvalue weighted by atomic mass is 9.88. The van der Waals surface area contributed by atoms with Gasteiger partial charge in [-0.3, -0.25) is 4.79 Å².